The lowest BCUT2D eigenvalue weighted by Crippen LogP contribution is -2.25. The third-order valence-corrected chi connectivity index (χ3v) is 3.66. The molecule has 1 amide bonds. The summed E-state index contributed by atoms with van der Waals surface area (Å²) in [5.41, 5.74) is 17.5. The van der Waals surface area contributed by atoms with Gasteiger partial charge in [-0.2, -0.15) is 0 Å². The summed E-state index contributed by atoms with van der Waals surface area (Å²) in [6, 6.07) is 7.14. The minimum absolute atomic E-state index is 0.0911. The lowest BCUT2D eigenvalue weighted by atomic mass is 10.2. The van der Waals surface area contributed by atoms with Gasteiger partial charge in [0.25, 0.3) is 5.91 Å². The number of carbonyl (C=O) groups is 1. The molecule has 10 heteroatoms. The minimum atomic E-state index is -0.753. The van der Waals surface area contributed by atoms with Gasteiger partial charge >= 0.3 is 0 Å². The summed E-state index contributed by atoms with van der Waals surface area (Å²) in [6.07, 6.45) is 0. The van der Waals surface area contributed by atoms with Crippen LogP contribution in [-0.2, 0) is 9.63 Å². The van der Waals surface area contributed by atoms with Crippen LogP contribution in [0.25, 0.3) is 0 Å². The number of nitrogens with two attached hydrogens (primary N) is 3. The van der Waals surface area contributed by atoms with Gasteiger partial charge in [-0.15, -0.1) is 11.3 Å². The lowest BCUT2D eigenvalue weighted by Gasteiger charge is -2.07. The number of benzene rings is 1. The van der Waals surface area contributed by atoms with E-state index in [1.165, 1.54) is 11.3 Å². The number of oxime groups is 1. The highest BCUT2D eigenvalue weighted by Gasteiger charge is 2.14. The molecule has 0 aliphatic carbocycles. The monoisotopic (exact) mass is 362 g/mol. The van der Waals surface area contributed by atoms with Crippen molar-refractivity contribution >= 4 is 33.9 Å². The number of nitrogen functional groups attached to an aromatic ring is 1. The summed E-state index contributed by atoms with van der Waals surface area (Å²) in [5.74, 6) is 0.338. The van der Waals surface area contributed by atoms with Gasteiger partial charge in [-0.3, -0.25) is 9.79 Å². The Morgan fingerprint density at radius 2 is 1.96 bits per heavy atom. The maximum Gasteiger partial charge on any atom is 0.273 e. The van der Waals surface area contributed by atoms with E-state index >= 15 is 0 Å². The van der Waals surface area contributed by atoms with Crippen LogP contribution in [0.3, 0.4) is 0 Å². The van der Waals surface area contributed by atoms with Crippen molar-refractivity contribution in [1.29, 1.82) is 0 Å². The number of rotatable bonds is 8. The van der Waals surface area contributed by atoms with Crippen molar-refractivity contribution in [2.24, 2.45) is 21.6 Å². The van der Waals surface area contributed by atoms with E-state index in [9.17, 15) is 4.79 Å². The van der Waals surface area contributed by atoms with Crippen molar-refractivity contribution in [2.75, 3.05) is 26.0 Å². The SMILES string of the molecule is CN=C(N)c1ccc(OCCON=C(C(N)=O)c2csc(N)n2)cc1. The molecule has 0 bridgehead atoms. The summed E-state index contributed by atoms with van der Waals surface area (Å²) in [4.78, 5) is 24.3. The van der Waals surface area contributed by atoms with E-state index < -0.39 is 5.91 Å². The molecular weight excluding hydrogens is 344 g/mol. The first-order chi connectivity index (χ1) is 12.0. The van der Waals surface area contributed by atoms with Gasteiger partial charge in [0.2, 0.25) is 0 Å². The summed E-state index contributed by atoms with van der Waals surface area (Å²) in [5, 5.41) is 5.59. The molecule has 0 atom stereocenters. The van der Waals surface area contributed by atoms with Crippen molar-refractivity contribution in [3.8, 4) is 5.75 Å². The van der Waals surface area contributed by atoms with Gasteiger partial charge in [-0.05, 0) is 24.3 Å². The molecule has 0 fully saturated rings. The lowest BCUT2D eigenvalue weighted by molar-refractivity contribution is -0.112. The van der Waals surface area contributed by atoms with E-state index in [1.54, 1.807) is 36.7 Å². The number of amides is 1. The van der Waals surface area contributed by atoms with Crippen LogP contribution in [-0.4, -0.2) is 42.7 Å². The van der Waals surface area contributed by atoms with Crippen LogP contribution in [0.2, 0.25) is 0 Å². The second-order valence-electron chi connectivity index (χ2n) is 4.69. The number of aliphatic imine (C=N–C) groups is 1. The first kappa shape index (κ1) is 18.2. The quantitative estimate of drug-likeness (QED) is 0.267. The van der Waals surface area contributed by atoms with Gasteiger partial charge in [0.15, 0.2) is 17.5 Å². The molecule has 1 aromatic heterocycles. The van der Waals surface area contributed by atoms with Gasteiger partial charge in [0, 0.05) is 18.0 Å². The molecule has 9 nitrogen and oxygen atoms in total. The predicted octanol–water partition coefficient (Wildman–Crippen LogP) is 0.345. The minimum Gasteiger partial charge on any atom is -0.490 e. The number of amidine groups is 1. The normalized spacial score (nSPS) is 12.0. The number of thiazole rings is 1. The number of anilines is 1. The average Bonchev–Trinajstić information content (AvgIpc) is 3.03. The largest absolute Gasteiger partial charge is 0.490 e. The fraction of sp³-hybridized carbons (Fsp3) is 0.200. The fourth-order valence-corrected chi connectivity index (χ4v) is 2.32. The molecule has 132 valence electrons. The van der Waals surface area contributed by atoms with Crippen LogP contribution in [0.1, 0.15) is 11.3 Å². The molecule has 6 N–H and O–H groups in total. The molecule has 1 aromatic carbocycles. The molecular formula is C15H18N6O3S. The Kier molecular flexibility index (Phi) is 6.29. The molecule has 0 saturated carbocycles. The first-order valence-corrected chi connectivity index (χ1v) is 8.06. The Morgan fingerprint density at radius 3 is 2.52 bits per heavy atom. The number of primary amides is 1. The average molecular weight is 362 g/mol. The summed E-state index contributed by atoms with van der Waals surface area (Å²) >= 11 is 1.18. The Bertz CT molecular complexity index is 785. The number of carbonyl (C=O) groups excluding carboxylic acids is 1. The molecule has 0 radical (unpaired) electrons. The predicted molar refractivity (Wildman–Crippen MR) is 96.8 cm³/mol. The number of nitrogens with zero attached hydrogens (tertiary/aromatic N) is 3. The van der Waals surface area contributed by atoms with E-state index in [-0.39, 0.29) is 24.6 Å². The Balaban J connectivity index is 1.84. The van der Waals surface area contributed by atoms with Crippen molar-refractivity contribution in [1.82, 2.24) is 4.98 Å². The molecule has 25 heavy (non-hydrogen) atoms. The van der Waals surface area contributed by atoms with E-state index in [0.29, 0.717) is 16.7 Å². The summed E-state index contributed by atoms with van der Waals surface area (Å²) in [6.45, 7) is 0.349. The van der Waals surface area contributed by atoms with Crippen LogP contribution in [0.5, 0.6) is 5.75 Å². The topological polar surface area (TPSA) is 151 Å². The second kappa shape index (κ2) is 8.64. The van der Waals surface area contributed by atoms with Gasteiger partial charge in [0.05, 0.1) is 0 Å². The number of aromatic nitrogens is 1. The maximum atomic E-state index is 11.4. The zero-order chi connectivity index (χ0) is 18.2. The van der Waals surface area contributed by atoms with E-state index in [1.807, 2.05) is 0 Å². The standard InChI is InChI=1S/C15H18N6O3S/c1-19-13(16)9-2-4-10(5-3-9)23-6-7-24-21-12(14(17)22)11-8-25-15(18)20-11/h2-5,8H,6-7H2,1H3,(H2,16,19)(H2,17,22)(H2,18,20). The molecule has 2 aromatic rings. The van der Waals surface area contributed by atoms with Crippen molar-refractivity contribution in [3.05, 3.63) is 40.9 Å². The zero-order valence-corrected chi connectivity index (χ0v) is 14.3. The highest BCUT2D eigenvalue weighted by Crippen LogP contribution is 2.13. The van der Waals surface area contributed by atoms with Crippen LogP contribution >= 0.6 is 11.3 Å². The first-order valence-electron chi connectivity index (χ1n) is 7.18. The number of ether oxygens (including phenoxy) is 1. The van der Waals surface area contributed by atoms with Crippen molar-refractivity contribution in [3.63, 3.8) is 0 Å². The molecule has 0 aliphatic heterocycles. The van der Waals surface area contributed by atoms with Gasteiger partial charge in [0.1, 0.15) is 23.9 Å². The summed E-state index contributed by atoms with van der Waals surface area (Å²) < 4.78 is 5.50. The fourth-order valence-electron chi connectivity index (χ4n) is 1.77. The smallest absolute Gasteiger partial charge is 0.273 e. The van der Waals surface area contributed by atoms with Crippen molar-refractivity contribution < 1.29 is 14.4 Å². The Hall–Kier alpha value is -3.14. The molecule has 0 saturated heterocycles. The highest BCUT2D eigenvalue weighted by atomic mass is 32.1. The Labute approximate surface area is 148 Å². The third kappa shape index (κ3) is 5.18. The van der Waals surface area contributed by atoms with E-state index in [0.717, 1.165) is 5.56 Å². The molecule has 1 heterocycles. The van der Waals surface area contributed by atoms with Crippen LogP contribution < -0.4 is 21.9 Å². The zero-order valence-electron chi connectivity index (χ0n) is 13.5. The number of hydrogen-bond acceptors (Lipinski definition) is 8. The van der Waals surface area contributed by atoms with Crippen LogP contribution in [0.15, 0.2) is 39.8 Å². The molecule has 0 aliphatic rings. The van der Waals surface area contributed by atoms with Gasteiger partial charge < -0.3 is 26.8 Å². The van der Waals surface area contributed by atoms with E-state index in [2.05, 4.69) is 15.1 Å². The van der Waals surface area contributed by atoms with Gasteiger partial charge in [-0.1, -0.05) is 5.16 Å². The van der Waals surface area contributed by atoms with Gasteiger partial charge in [-0.25, -0.2) is 4.98 Å². The van der Waals surface area contributed by atoms with Crippen LogP contribution in [0.4, 0.5) is 5.13 Å². The third-order valence-electron chi connectivity index (χ3n) is 2.99. The number of hydrogen-bond donors (Lipinski definition) is 3. The molecule has 0 unspecified atom stereocenters. The summed E-state index contributed by atoms with van der Waals surface area (Å²) in [7, 11) is 1.62. The molecule has 2 rings (SSSR count). The molecule has 0 spiro atoms. The van der Waals surface area contributed by atoms with Crippen LogP contribution in [0, 0.1) is 0 Å². The highest BCUT2D eigenvalue weighted by molar-refractivity contribution is 7.13. The maximum absolute atomic E-state index is 11.4. The van der Waals surface area contributed by atoms with Crippen molar-refractivity contribution in [2.45, 2.75) is 0 Å². The Morgan fingerprint density at radius 1 is 1.24 bits per heavy atom. The second-order valence-corrected chi connectivity index (χ2v) is 5.58. The van der Waals surface area contributed by atoms with E-state index in [4.69, 9.17) is 26.8 Å².